The van der Waals surface area contributed by atoms with E-state index in [1.165, 1.54) is 30.5 Å². The molecule has 1 N–H and O–H groups in total. The number of hydrogen-bond acceptors (Lipinski definition) is 6. The third kappa shape index (κ3) is 6.99. The van der Waals surface area contributed by atoms with Gasteiger partial charge in [-0.1, -0.05) is 12.2 Å². The van der Waals surface area contributed by atoms with Crippen LogP contribution in [0, 0.1) is 0 Å². The van der Waals surface area contributed by atoms with Gasteiger partial charge in [-0.3, -0.25) is 19.9 Å². The number of nitrogens with zero attached hydrogens (tertiary/aromatic N) is 4. The van der Waals surface area contributed by atoms with Gasteiger partial charge in [0.05, 0.1) is 41.4 Å². The summed E-state index contributed by atoms with van der Waals surface area (Å²) in [7, 11) is 0. The zero-order valence-electron chi connectivity index (χ0n) is 22.9. The van der Waals surface area contributed by atoms with Crippen molar-refractivity contribution in [1.82, 2.24) is 14.9 Å². The van der Waals surface area contributed by atoms with E-state index < -0.39 is 23.5 Å². The molecule has 0 aromatic carbocycles. The van der Waals surface area contributed by atoms with E-state index >= 15 is 0 Å². The fourth-order valence-electron chi connectivity index (χ4n) is 5.24. The number of allylic oxidation sites excluding steroid dienone is 6. The van der Waals surface area contributed by atoms with Crippen LogP contribution in [0.3, 0.4) is 0 Å². The van der Waals surface area contributed by atoms with Gasteiger partial charge in [-0.25, -0.2) is 0 Å². The predicted molar refractivity (Wildman–Crippen MR) is 148 cm³/mol. The average molecular weight is 590 g/mol. The normalized spacial score (nSPS) is 21.6. The molecular formula is C30H29F6N5O. The highest BCUT2D eigenvalue weighted by Crippen LogP contribution is 2.34. The minimum Gasteiger partial charge on any atom is -0.373 e. The molecule has 3 aliphatic rings. The molecule has 6 nitrogen and oxygen atoms in total. The zero-order valence-corrected chi connectivity index (χ0v) is 22.9. The Balaban J connectivity index is 1.53. The number of hydrogen-bond donors (Lipinski definition) is 1. The molecule has 12 heteroatoms. The minimum atomic E-state index is -4.62. The summed E-state index contributed by atoms with van der Waals surface area (Å²) >= 11 is 0. The van der Waals surface area contributed by atoms with Crippen molar-refractivity contribution in [3.8, 4) is 0 Å². The Morgan fingerprint density at radius 1 is 1.00 bits per heavy atom. The molecule has 0 bridgehead atoms. The van der Waals surface area contributed by atoms with Crippen LogP contribution in [0.2, 0.25) is 0 Å². The summed E-state index contributed by atoms with van der Waals surface area (Å²) in [6, 6.07) is 3.99. The molecule has 1 fully saturated rings. The van der Waals surface area contributed by atoms with E-state index in [2.05, 4.69) is 20.2 Å². The van der Waals surface area contributed by atoms with Crippen LogP contribution in [0.15, 0.2) is 71.0 Å². The first-order chi connectivity index (χ1) is 19.9. The van der Waals surface area contributed by atoms with Gasteiger partial charge in [0.25, 0.3) is 0 Å². The first kappa shape index (κ1) is 29.7. The smallest absolute Gasteiger partial charge is 0.373 e. The van der Waals surface area contributed by atoms with Crippen LogP contribution in [-0.4, -0.2) is 52.1 Å². The molecule has 2 atom stereocenters. The molecule has 0 radical (unpaired) electrons. The van der Waals surface area contributed by atoms with Crippen LogP contribution in [0.1, 0.15) is 48.5 Å². The maximum absolute atomic E-state index is 13.7. The third-order valence-electron chi connectivity index (χ3n) is 6.98. The number of morpholine rings is 1. The number of aliphatic imine (C=N–C) groups is 1. The predicted octanol–water partition coefficient (Wildman–Crippen LogP) is 6.87. The van der Waals surface area contributed by atoms with Gasteiger partial charge in [0.15, 0.2) is 0 Å². The van der Waals surface area contributed by atoms with Crippen molar-refractivity contribution in [2.24, 2.45) is 4.99 Å². The summed E-state index contributed by atoms with van der Waals surface area (Å²) in [4.78, 5) is 15.4. The summed E-state index contributed by atoms with van der Waals surface area (Å²) < 4.78 is 86.8. The second-order valence-electron chi connectivity index (χ2n) is 10.4. The highest BCUT2D eigenvalue weighted by molar-refractivity contribution is 6.11. The van der Waals surface area contributed by atoms with Gasteiger partial charge in [-0.2, -0.15) is 26.3 Å². The molecule has 2 aromatic heterocycles. The number of halogens is 6. The molecule has 0 amide bonds. The monoisotopic (exact) mass is 589 g/mol. The minimum absolute atomic E-state index is 0.0169. The summed E-state index contributed by atoms with van der Waals surface area (Å²) in [5.41, 5.74) is 0.933. The van der Waals surface area contributed by atoms with E-state index in [1.54, 1.807) is 12.2 Å². The summed E-state index contributed by atoms with van der Waals surface area (Å²) in [5, 5.41) is 3.22. The molecular weight excluding hydrogens is 560 g/mol. The quantitative estimate of drug-likeness (QED) is 0.386. The second kappa shape index (κ2) is 11.8. The van der Waals surface area contributed by atoms with Gasteiger partial charge in [0, 0.05) is 48.4 Å². The van der Waals surface area contributed by atoms with Gasteiger partial charge in [0.2, 0.25) is 0 Å². The van der Waals surface area contributed by atoms with E-state index in [-0.39, 0.29) is 36.6 Å². The lowest BCUT2D eigenvalue weighted by atomic mass is 10.1. The number of nitrogens with one attached hydrogen (secondary N) is 1. The maximum Gasteiger partial charge on any atom is 0.418 e. The van der Waals surface area contributed by atoms with Crippen LogP contribution in [0.5, 0.6) is 0 Å². The molecule has 1 saturated heterocycles. The number of rotatable bonds is 5. The van der Waals surface area contributed by atoms with Crippen molar-refractivity contribution in [2.75, 3.05) is 18.4 Å². The lowest BCUT2D eigenvalue weighted by Gasteiger charge is -2.35. The van der Waals surface area contributed by atoms with Crippen LogP contribution in [0.4, 0.5) is 32.0 Å². The molecule has 2 aromatic rings. The maximum atomic E-state index is 13.7. The van der Waals surface area contributed by atoms with Crippen LogP contribution in [-0.2, 0) is 24.0 Å². The van der Waals surface area contributed by atoms with E-state index in [4.69, 9.17) is 9.72 Å². The van der Waals surface area contributed by atoms with Crippen molar-refractivity contribution in [3.63, 3.8) is 0 Å². The van der Waals surface area contributed by atoms with Crippen molar-refractivity contribution in [2.45, 2.75) is 57.9 Å². The van der Waals surface area contributed by atoms with Crippen molar-refractivity contribution >= 4 is 17.5 Å². The highest BCUT2D eigenvalue weighted by Gasteiger charge is 2.35. The fraction of sp³-hybridized carbons (Fsp3) is 0.367. The molecule has 222 valence electrons. The van der Waals surface area contributed by atoms with E-state index in [9.17, 15) is 26.3 Å². The molecule has 2 unspecified atom stereocenters. The Hall–Kier alpha value is -3.77. The number of ether oxygens (including phenoxy) is 1. The van der Waals surface area contributed by atoms with Crippen LogP contribution in [0.25, 0.3) is 6.08 Å². The first-order valence-corrected chi connectivity index (χ1v) is 13.4. The second-order valence-corrected chi connectivity index (χ2v) is 10.4. The van der Waals surface area contributed by atoms with E-state index in [0.717, 1.165) is 12.1 Å². The Labute approximate surface area is 239 Å². The Kier molecular flexibility index (Phi) is 8.38. The standard InChI is InChI=1S/C30H29F6N5O/c1-18-15-41(16-19(2)42-18)17-22-13-26(39-21-6-3-5-20(8-9-21)29(31,32)33)23-10-11-25(38-14-27(23)40-22)28-24(30(34,35)36)7-4-12-37-28/h3-4,6-13,18-19H,5,14-17H2,1-2H3,(H,39,40). The summed E-state index contributed by atoms with van der Waals surface area (Å²) in [6.45, 7) is 5.81. The molecule has 0 spiro atoms. The zero-order chi connectivity index (χ0) is 30.1. The average Bonchev–Trinajstić information content (AvgIpc) is 3.27. The third-order valence-corrected chi connectivity index (χ3v) is 6.98. The molecule has 5 rings (SSSR count). The van der Waals surface area contributed by atoms with Gasteiger partial charge in [-0.15, -0.1) is 0 Å². The van der Waals surface area contributed by atoms with Crippen molar-refractivity contribution in [1.29, 1.82) is 0 Å². The fourth-order valence-corrected chi connectivity index (χ4v) is 5.24. The Morgan fingerprint density at radius 2 is 1.76 bits per heavy atom. The Morgan fingerprint density at radius 3 is 2.48 bits per heavy atom. The molecule has 1 aliphatic carbocycles. The Bertz CT molecular complexity index is 1480. The number of pyridine rings is 2. The number of aromatic nitrogens is 2. The SMILES string of the molecule is CC1CN(Cc2cc(NC3=CC=C(C(F)(F)F)CC=C3)c3c(n2)CN=C(c2ncccc2C(F)(F)F)C=C3)CC(C)O1. The van der Waals surface area contributed by atoms with Gasteiger partial charge in [-0.05, 0) is 62.8 Å². The molecule has 4 heterocycles. The molecule has 42 heavy (non-hydrogen) atoms. The number of anilines is 1. The summed E-state index contributed by atoms with van der Waals surface area (Å²) in [5.74, 6) is 0. The van der Waals surface area contributed by atoms with E-state index in [0.29, 0.717) is 48.0 Å². The molecule has 2 aliphatic heterocycles. The highest BCUT2D eigenvalue weighted by atomic mass is 19.4. The largest absolute Gasteiger partial charge is 0.418 e. The van der Waals surface area contributed by atoms with Crippen molar-refractivity contribution in [3.05, 3.63) is 94.3 Å². The summed E-state index contributed by atoms with van der Waals surface area (Å²) in [6.07, 6.45) is 0.475. The first-order valence-electron chi connectivity index (χ1n) is 13.4. The number of alkyl halides is 6. The number of fused-ring (bicyclic) bond motifs is 1. The van der Waals surface area contributed by atoms with Gasteiger partial charge in [0.1, 0.15) is 5.69 Å². The van der Waals surface area contributed by atoms with E-state index in [1.807, 2.05) is 19.9 Å². The lowest BCUT2D eigenvalue weighted by Crippen LogP contribution is -2.45. The van der Waals surface area contributed by atoms with Crippen LogP contribution < -0.4 is 5.32 Å². The topological polar surface area (TPSA) is 62.6 Å². The van der Waals surface area contributed by atoms with Crippen LogP contribution >= 0.6 is 0 Å². The van der Waals surface area contributed by atoms with Gasteiger partial charge < -0.3 is 10.1 Å². The van der Waals surface area contributed by atoms with Gasteiger partial charge >= 0.3 is 12.4 Å². The molecule has 0 saturated carbocycles. The lowest BCUT2D eigenvalue weighted by molar-refractivity contribution is -0.138. The van der Waals surface area contributed by atoms with Crippen molar-refractivity contribution < 1.29 is 31.1 Å².